The van der Waals surface area contributed by atoms with E-state index in [0.717, 1.165) is 16.5 Å². The number of hydrogen-bond donors (Lipinski definition) is 1. The number of amides is 1. The van der Waals surface area contributed by atoms with E-state index in [4.69, 9.17) is 4.84 Å². The third-order valence-electron chi connectivity index (χ3n) is 2.61. The SMILES string of the molecule is O=C(NOCCc1ccc(Br)cc1)c1ccccc1. The molecule has 0 atom stereocenters. The quantitative estimate of drug-likeness (QED) is 0.678. The van der Waals surface area contributed by atoms with Gasteiger partial charge in [0.1, 0.15) is 0 Å². The predicted octanol–water partition coefficient (Wildman–Crippen LogP) is 3.35. The molecular weight excluding hydrogens is 306 g/mol. The molecule has 0 fully saturated rings. The largest absolute Gasteiger partial charge is 0.274 e. The summed E-state index contributed by atoms with van der Waals surface area (Å²) in [5, 5.41) is 0. The van der Waals surface area contributed by atoms with Crippen LogP contribution in [0, 0.1) is 0 Å². The highest BCUT2D eigenvalue weighted by Gasteiger charge is 2.03. The van der Waals surface area contributed by atoms with Gasteiger partial charge in [0.15, 0.2) is 0 Å². The van der Waals surface area contributed by atoms with Crippen LogP contribution >= 0.6 is 15.9 Å². The summed E-state index contributed by atoms with van der Waals surface area (Å²) in [7, 11) is 0. The molecule has 1 N–H and O–H groups in total. The van der Waals surface area contributed by atoms with Crippen LogP contribution in [0.3, 0.4) is 0 Å². The lowest BCUT2D eigenvalue weighted by Gasteiger charge is -2.06. The van der Waals surface area contributed by atoms with Crippen LogP contribution < -0.4 is 5.48 Å². The van der Waals surface area contributed by atoms with E-state index in [0.29, 0.717) is 12.2 Å². The van der Waals surface area contributed by atoms with Gasteiger partial charge >= 0.3 is 0 Å². The first-order valence-electron chi connectivity index (χ1n) is 5.97. The summed E-state index contributed by atoms with van der Waals surface area (Å²) in [6, 6.07) is 17.0. The molecule has 1 amide bonds. The number of rotatable bonds is 5. The van der Waals surface area contributed by atoms with E-state index < -0.39 is 0 Å². The molecule has 0 saturated carbocycles. The van der Waals surface area contributed by atoms with Crippen LogP contribution in [-0.4, -0.2) is 12.5 Å². The van der Waals surface area contributed by atoms with E-state index in [1.54, 1.807) is 12.1 Å². The average molecular weight is 320 g/mol. The van der Waals surface area contributed by atoms with Gasteiger partial charge in [-0.05, 0) is 36.2 Å². The fourth-order valence-electron chi connectivity index (χ4n) is 1.58. The number of halogens is 1. The van der Waals surface area contributed by atoms with Crippen LogP contribution in [0.1, 0.15) is 15.9 Å². The number of carbonyl (C=O) groups excluding carboxylic acids is 1. The van der Waals surface area contributed by atoms with Crippen LogP contribution in [0.2, 0.25) is 0 Å². The fourth-order valence-corrected chi connectivity index (χ4v) is 1.85. The minimum absolute atomic E-state index is 0.226. The third kappa shape index (κ3) is 4.50. The van der Waals surface area contributed by atoms with Crippen molar-refractivity contribution in [3.63, 3.8) is 0 Å². The van der Waals surface area contributed by atoms with Crippen molar-refractivity contribution >= 4 is 21.8 Å². The Morgan fingerprint density at radius 2 is 1.74 bits per heavy atom. The van der Waals surface area contributed by atoms with Crippen molar-refractivity contribution in [3.05, 3.63) is 70.2 Å². The molecule has 2 aromatic rings. The van der Waals surface area contributed by atoms with Gasteiger partial charge in [0.05, 0.1) is 6.61 Å². The van der Waals surface area contributed by atoms with Crippen molar-refractivity contribution in [2.45, 2.75) is 6.42 Å². The Bertz CT molecular complexity index is 526. The molecule has 2 rings (SSSR count). The second kappa shape index (κ2) is 7.07. The Morgan fingerprint density at radius 3 is 2.42 bits per heavy atom. The number of hydrogen-bond acceptors (Lipinski definition) is 2. The monoisotopic (exact) mass is 319 g/mol. The number of carbonyl (C=O) groups is 1. The van der Waals surface area contributed by atoms with Gasteiger partial charge in [0, 0.05) is 10.0 Å². The lowest BCUT2D eigenvalue weighted by molar-refractivity contribution is 0.0324. The van der Waals surface area contributed by atoms with Crippen LogP contribution in [-0.2, 0) is 11.3 Å². The van der Waals surface area contributed by atoms with Gasteiger partial charge < -0.3 is 0 Å². The van der Waals surface area contributed by atoms with Gasteiger partial charge in [-0.3, -0.25) is 9.63 Å². The maximum absolute atomic E-state index is 11.7. The molecule has 0 bridgehead atoms. The second-order valence-corrected chi connectivity index (χ2v) is 4.94. The van der Waals surface area contributed by atoms with Gasteiger partial charge in [-0.1, -0.05) is 46.3 Å². The lowest BCUT2D eigenvalue weighted by atomic mass is 10.2. The van der Waals surface area contributed by atoms with E-state index in [9.17, 15) is 4.79 Å². The van der Waals surface area contributed by atoms with Crippen molar-refractivity contribution < 1.29 is 9.63 Å². The van der Waals surface area contributed by atoms with Crippen molar-refractivity contribution in [1.29, 1.82) is 0 Å². The molecule has 0 saturated heterocycles. The molecule has 3 nitrogen and oxygen atoms in total. The Labute approximate surface area is 120 Å². The first-order valence-corrected chi connectivity index (χ1v) is 6.76. The van der Waals surface area contributed by atoms with E-state index in [1.807, 2.05) is 42.5 Å². The minimum Gasteiger partial charge on any atom is -0.273 e. The molecule has 98 valence electrons. The zero-order chi connectivity index (χ0) is 13.5. The maximum Gasteiger partial charge on any atom is 0.274 e. The van der Waals surface area contributed by atoms with Crippen molar-refractivity contribution in [1.82, 2.24) is 5.48 Å². The molecule has 0 unspecified atom stereocenters. The maximum atomic E-state index is 11.7. The molecule has 0 aliphatic rings. The van der Waals surface area contributed by atoms with Gasteiger partial charge in [-0.15, -0.1) is 0 Å². The van der Waals surface area contributed by atoms with Crippen LogP contribution in [0.5, 0.6) is 0 Å². The summed E-state index contributed by atoms with van der Waals surface area (Å²) in [5.41, 5.74) is 4.19. The predicted molar refractivity (Wildman–Crippen MR) is 77.7 cm³/mol. The van der Waals surface area contributed by atoms with E-state index in [1.165, 1.54) is 0 Å². The zero-order valence-corrected chi connectivity index (χ0v) is 11.9. The highest BCUT2D eigenvalue weighted by molar-refractivity contribution is 9.10. The molecule has 19 heavy (non-hydrogen) atoms. The Morgan fingerprint density at radius 1 is 1.05 bits per heavy atom. The van der Waals surface area contributed by atoms with E-state index in [-0.39, 0.29) is 5.91 Å². The Balaban J connectivity index is 1.72. The first kappa shape index (κ1) is 13.8. The Hall–Kier alpha value is -1.65. The van der Waals surface area contributed by atoms with E-state index in [2.05, 4.69) is 21.4 Å². The summed E-state index contributed by atoms with van der Waals surface area (Å²) < 4.78 is 1.05. The molecule has 4 heteroatoms. The highest BCUT2D eigenvalue weighted by atomic mass is 79.9. The molecule has 0 spiro atoms. The molecule has 0 aromatic heterocycles. The van der Waals surface area contributed by atoms with Gasteiger partial charge in [0.25, 0.3) is 5.91 Å². The summed E-state index contributed by atoms with van der Waals surface area (Å²) in [5.74, 6) is -0.226. The molecule has 0 aliphatic carbocycles. The highest BCUT2D eigenvalue weighted by Crippen LogP contribution is 2.10. The average Bonchev–Trinajstić information content (AvgIpc) is 2.46. The number of hydroxylamine groups is 1. The zero-order valence-electron chi connectivity index (χ0n) is 10.3. The first-order chi connectivity index (χ1) is 9.25. The van der Waals surface area contributed by atoms with Crippen molar-refractivity contribution in [2.75, 3.05) is 6.61 Å². The van der Waals surface area contributed by atoms with Crippen LogP contribution in [0.25, 0.3) is 0 Å². The third-order valence-corrected chi connectivity index (χ3v) is 3.14. The second-order valence-electron chi connectivity index (χ2n) is 4.02. The Kier molecular flexibility index (Phi) is 5.12. The van der Waals surface area contributed by atoms with Crippen LogP contribution in [0.4, 0.5) is 0 Å². The fraction of sp³-hybridized carbons (Fsp3) is 0.133. The van der Waals surface area contributed by atoms with Crippen LogP contribution in [0.15, 0.2) is 59.1 Å². The molecule has 0 heterocycles. The molecule has 0 aliphatic heterocycles. The molecule has 2 aromatic carbocycles. The molecule has 0 radical (unpaired) electrons. The summed E-state index contributed by atoms with van der Waals surface area (Å²) >= 11 is 3.38. The van der Waals surface area contributed by atoms with E-state index >= 15 is 0 Å². The number of nitrogens with one attached hydrogen (secondary N) is 1. The molecular formula is C15H14BrNO2. The summed E-state index contributed by atoms with van der Waals surface area (Å²) in [6.07, 6.45) is 0.752. The summed E-state index contributed by atoms with van der Waals surface area (Å²) in [4.78, 5) is 16.8. The van der Waals surface area contributed by atoms with Gasteiger partial charge in [0.2, 0.25) is 0 Å². The normalized spacial score (nSPS) is 10.2. The summed E-state index contributed by atoms with van der Waals surface area (Å²) in [6.45, 7) is 0.445. The standard InChI is InChI=1S/C15H14BrNO2/c16-14-8-6-12(7-9-14)10-11-19-17-15(18)13-4-2-1-3-5-13/h1-9H,10-11H2,(H,17,18). The number of benzene rings is 2. The van der Waals surface area contributed by atoms with Gasteiger partial charge in [-0.25, -0.2) is 5.48 Å². The smallest absolute Gasteiger partial charge is 0.273 e. The lowest BCUT2D eigenvalue weighted by Crippen LogP contribution is -2.24. The van der Waals surface area contributed by atoms with Crippen molar-refractivity contribution in [3.8, 4) is 0 Å². The topological polar surface area (TPSA) is 38.3 Å². The van der Waals surface area contributed by atoms with Gasteiger partial charge in [-0.2, -0.15) is 0 Å². The van der Waals surface area contributed by atoms with Crippen molar-refractivity contribution in [2.24, 2.45) is 0 Å². The minimum atomic E-state index is -0.226.